The summed E-state index contributed by atoms with van der Waals surface area (Å²) in [6.07, 6.45) is -1.53. The highest BCUT2D eigenvalue weighted by Gasteiger charge is 2.26. The van der Waals surface area contributed by atoms with E-state index in [4.69, 9.17) is 21.3 Å². The van der Waals surface area contributed by atoms with Gasteiger partial charge in [-0.25, -0.2) is 9.78 Å². The maximum atomic E-state index is 13.7. The molecule has 0 saturated heterocycles. The normalized spacial score (nSPS) is 12.8. The second kappa shape index (κ2) is 11.9. The number of aromatic nitrogens is 1. The molecule has 37 heavy (non-hydrogen) atoms. The molecule has 0 aliphatic carbocycles. The summed E-state index contributed by atoms with van der Waals surface area (Å²) in [5.41, 5.74) is 4.15. The van der Waals surface area contributed by atoms with Crippen LogP contribution in [0.5, 0.6) is 0 Å². The minimum absolute atomic E-state index is 0.0320. The fraction of sp³-hybridized carbons (Fsp3) is 0.207. The number of carboxylic acids is 1. The van der Waals surface area contributed by atoms with Crippen LogP contribution in [0.15, 0.2) is 77.3 Å². The number of aliphatic carboxylic acids is 1. The smallest absolute Gasteiger partial charge is 0.332 e. The Morgan fingerprint density at radius 2 is 1.78 bits per heavy atom. The van der Waals surface area contributed by atoms with E-state index in [1.165, 1.54) is 0 Å². The van der Waals surface area contributed by atoms with Crippen molar-refractivity contribution in [3.63, 3.8) is 0 Å². The van der Waals surface area contributed by atoms with Gasteiger partial charge < -0.3 is 15.2 Å². The molecule has 1 aromatic heterocycles. The van der Waals surface area contributed by atoms with Crippen LogP contribution >= 0.6 is 27.5 Å². The van der Waals surface area contributed by atoms with Gasteiger partial charge in [-0.3, -0.25) is 4.79 Å². The second-order valence-electron chi connectivity index (χ2n) is 8.58. The van der Waals surface area contributed by atoms with E-state index in [1.807, 2.05) is 55.5 Å². The number of hydrogen-bond acceptors (Lipinski definition) is 4. The van der Waals surface area contributed by atoms with Crippen molar-refractivity contribution < 1.29 is 19.4 Å². The molecule has 0 radical (unpaired) electrons. The Balaban J connectivity index is 1.73. The molecule has 4 aromatic rings. The first-order valence-electron chi connectivity index (χ1n) is 11.9. The lowest BCUT2D eigenvalue weighted by Crippen LogP contribution is -2.34. The zero-order valence-electron chi connectivity index (χ0n) is 20.4. The van der Waals surface area contributed by atoms with Crippen molar-refractivity contribution in [2.75, 3.05) is 6.54 Å². The first-order valence-corrected chi connectivity index (χ1v) is 13.0. The number of carbonyl (C=O) groups is 2. The summed E-state index contributed by atoms with van der Waals surface area (Å²) in [5, 5.41) is 13.7. The molecule has 6 nitrogen and oxygen atoms in total. The Morgan fingerprint density at radius 1 is 1.08 bits per heavy atom. The lowest BCUT2D eigenvalue weighted by atomic mass is 9.97. The van der Waals surface area contributed by atoms with E-state index in [0.29, 0.717) is 27.1 Å². The number of rotatable bonds is 9. The standard InChI is InChI=1S/C29H26BrClN2O4/c1-3-24(29(35)36)37-25(20-11-7-8-12-22(20)31)16-32-28(34)26-17(2)27(18-9-5-4-6-10-18)33-23-14-13-19(30)15-21(23)26/h4-15,24-25H,3,16H2,1-2H3,(H,32,34)(H,35,36). The van der Waals surface area contributed by atoms with Crippen LogP contribution in [0.25, 0.3) is 22.2 Å². The molecule has 3 aromatic carbocycles. The number of nitrogens with one attached hydrogen (secondary N) is 1. The summed E-state index contributed by atoms with van der Waals surface area (Å²) >= 11 is 9.92. The quantitative estimate of drug-likeness (QED) is 0.223. The maximum absolute atomic E-state index is 13.7. The van der Waals surface area contributed by atoms with Crippen LogP contribution < -0.4 is 5.32 Å². The fourth-order valence-corrected chi connectivity index (χ4v) is 4.89. The first-order chi connectivity index (χ1) is 17.8. The monoisotopic (exact) mass is 580 g/mol. The molecule has 0 saturated carbocycles. The minimum Gasteiger partial charge on any atom is -0.479 e. The SMILES string of the molecule is CCC(OC(CNC(=O)c1c(C)c(-c2ccccc2)nc2ccc(Br)cc12)c1ccccc1Cl)C(=O)O. The largest absolute Gasteiger partial charge is 0.479 e. The molecule has 2 unspecified atom stereocenters. The minimum atomic E-state index is -1.07. The lowest BCUT2D eigenvalue weighted by molar-refractivity contribution is -0.154. The van der Waals surface area contributed by atoms with Gasteiger partial charge in [0.15, 0.2) is 6.10 Å². The molecular weight excluding hydrogens is 556 g/mol. The topological polar surface area (TPSA) is 88.5 Å². The number of amides is 1. The molecule has 0 bridgehead atoms. The van der Waals surface area contributed by atoms with E-state index in [2.05, 4.69) is 21.2 Å². The molecule has 2 N–H and O–H groups in total. The Morgan fingerprint density at radius 3 is 2.46 bits per heavy atom. The Hall–Kier alpha value is -3.26. The van der Waals surface area contributed by atoms with Crippen LogP contribution in [-0.2, 0) is 9.53 Å². The summed E-state index contributed by atoms with van der Waals surface area (Å²) in [4.78, 5) is 30.3. The second-order valence-corrected chi connectivity index (χ2v) is 9.90. The van der Waals surface area contributed by atoms with Crippen LogP contribution in [0.4, 0.5) is 0 Å². The molecule has 1 heterocycles. The number of fused-ring (bicyclic) bond motifs is 1. The van der Waals surface area contributed by atoms with Crippen LogP contribution in [-0.4, -0.2) is 34.6 Å². The number of hydrogen-bond donors (Lipinski definition) is 2. The summed E-state index contributed by atoms with van der Waals surface area (Å²) in [6, 6.07) is 22.4. The van der Waals surface area contributed by atoms with Gasteiger partial charge in [0.2, 0.25) is 0 Å². The Bertz CT molecular complexity index is 1450. The van der Waals surface area contributed by atoms with Crippen molar-refractivity contribution in [2.24, 2.45) is 0 Å². The van der Waals surface area contributed by atoms with E-state index in [-0.39, 0.29) is 18.9 Å². The predicted molar refractivity (Wildman–Crippen MR) is 149 cm³/mol. The van der Waals surface area contributed by atoms with Gasteiger partial charge in [-0.2, -0.15) is 0 Å². The molecule has 2 atom stereocenters. The summed E-state index contributed by atoms with van der Waals surface area (Å²) < 4.78 is 6.75. The first kappa shape index (κ1) is 26.8. The van der Waals surface area contributed by atoms with Crippen LogP contribution in [0.2, 0.25) is 5.02 Å². The third kappa shape index (κ3) is 6.01. The van der Waals surface area contributed by atoms with Crippen molar-refractivity contribution >= 4 is 50.3 Å². The molecule has 0 spiro atoms. The zero-order chi connectivity index (χ0) is 26.5. The maximum Gasteiger partial charge on any atom is 0.332 e. The molecule has 8 heteroatoms. The Labute approximate surface area is 228 Å². The molecular formula is C29H26BrClN2O4. The van der Waals surface area contributed by atoms with Gasteiger partial charge in [0.1, 0.15) is 6.10 Å². The highest BCUT2D eigenvalue weighted by Crippen LogP contribution is 2.32. The van der Waals surface area contributed by atoms with Gasteiger partial charge >= 0.3 is 5.97 Å². The van der Waals surface area contributed by atoms with Crippen molar-refractivity contribution in [1.29, 1.82) is 0 Å². The number of pyridine rings is 1. The zero-order valence-corrected chi connectivity index (χ0v) is 22.7. The van der Waals surface area contributed by atoms with Gasteiger partial charge in [0, 0.05) is 32.6 Å². The van der Waals surface area contributed by atoms with Crippen LogP contribution in [0.3, 0.4) is 0 Å². The van der Waals surface area contributed by atoms with E-state index >= 15 is 0 Å². The molecule has 1 amide bonds. The van der Waals surface area contributed by atoms with Crippen LogP contribution in [0.1, 0.15) is 40.9 Å². The van der Waals surface area contributed by atoms with Gasteiger partial charge in [0.25, 0.3) is 5.91 Å². The number of carboxylic acid groups (broad SMARTS) is 1. The van der Waals surface area contributed by atoms with Gasteiger partial charge in [-0.15, -0.1) is 0 Å². The van der Waals surface area contributed by atoms with Gasteiger partial charge in [-0.1, -0.05) is 83.0 Å². The summed E-state index contributed by atoms with van der Waals surface area (Å²) in [7, 11) is 0. The van der Waals surface area contributed by atoms with Crippen molar-refractivity contribution in [3.8, 4) is 11.3 Å². The van der Waals surface area contributed by atoms with Gasteiger partial charge in [-0.05, 0) is 43.2 Å². The van der Waals surface area contributed by atoms with Crippen molar-refractivity contribution in [3.05, 3.63) is 99.0 Å². The highest BCUT2D eigenvalue weighted by atomic mass is 79.9. The molecule has 0 fully saturated rings. The van der Waals surface area contributed by atoms with Gasteiger partial charge in [0.05, 0.1) is 16.8 Å². The van der Waals surface area contributed by atoms with Crippen molar-refractivity contribution in [1.82, 2.24) is 10.3 Å². The number of nitrogens with zero attached hydrogens (tertiary/aromatic N) is 1. The van der Waals surface area contributed by atoms with E-state index in [9.17, 15) is 14.7 Å². The van der Waals surface area contributed by atoms with Crippen molar-refractivity contribution in [2.45, 2.75) is 32.5 Å². The third-order valence-corrected chi connectivity index (χ3v) is 6.98. The summed E-state index contributed by atoms with van der Waals surface area (Å²) in [5.74, 6) is -1.39. The molecule has 4 rings (SSSR count). The highest BCUT2D eigenvalue weighted by molar-refractivity contribution is 9.10. The number of halogens is 2. The summed E-state index contributed by atoms with van der Waals surface area (Å²) in [6.45, 7) is 3.64. The fourth-order valence-electron chi connectivity index (χ4n) is 4.27. The molecule has 0 aliphatic rings. The number of carbonyl (C=O) groups excluding carboxylic acids is 1. The predicted octanol–water partition coefficient (Wildman–Crippen LogP) is 6.98. The van der Waals surface area contributed by atoms with E-state index in [0.717, 1.165) is 21.3 Å². The molecule has 0 aliphatic heterocycles. The number of benzene rings is 3. The van der Waals surface area contributed by atoms with E-state index in [1.54, 1.807) is 31.2 Å². The van der Waals surface area contributed by atoms with E-state index < -0.39 is 18.2 Å². The van der Waals surface area contributed by atoms with Crippen LogP contribution in [0, 0.1) is 6.92 Å². The average Bonchev–Trinajstić information content (AvgIpc) is 2.89. The Kier molecular flexibility index (Phi) is 8.59. The number of ether oxygens (including phenoxy) is 1. The lowest BCUT2D eigenvalue weighted by Gasteiger charge is -2.24. The average molecular weight is 582 g/mol. The molecule has 190 valence electrons. The third-order valence-electron chi connectivity index (χ3n) is 6.14.